The molecule has 1 aromatic carbocycles. The summed E-state index contributed by atoms with van der Waals surface area (Å²) in [6.07, 6.45) is 7.99. The molecule has 0 aliphatic heterocycles. The molecule has 1 aromatic rings. The Hall–Kier alpha value is -1.61. The second kappa shape index (κ2) is 10.4. The van der Waals surface area contributed by atoms with Gasteiger partial charge in [0, 0.05) is 13.0 Å². The van der Waals surface area contributed by atoms with E-state index in [0.29, 0.717) is 18.9 Å². The normalized spacial score (nSPS) is 12.1. The average molecular weight is 346 g/mol. The van der Waals surface area contributed by atoms with Crippen molar-refractivity contribution in [3.8, 4) is 0 Å². The SMILES string of the molecule is CC(C)/C=C/CCCCC(=O)NCc1ccc(C(C)(C)C)c(CO)c1. The van der Waals surface area contributed by atoms with E-state index >= 15 is 0 Å². The molecule has 1 amide bonds. The first kappa shape index (κ1) is 21.4. The topological polar surface area (TPSA) is 49.3 Å². The molecule has 0 aromatic heterocycles. The summed E-state index contributed by atoms with van der Waals surface area (Å²) in [5, 5.41) is 12.6. The lowest BCUT2D eigenvalue weighted by Gasteiger charge is -2.23. The van der Waals surface area contributed by atoms with Crippen LogP contribution in [-0.4, -0.2) is 11.0 Å². The number of carbonyl (C=O) groups excluding carboxylic acids is 1. The predicted octanol–water partition coefficient (Wildman–Crippen LogP) is 4.87. The molecule has 3 nitrogen and oxygen atoms in total. The van der Waals surface area contributed by atoms with Gasteiger partial charge in [-0.1, -0.05) is 65.0 Å². The van der Waals surface area contributed by atoms with E-state index in [2.05, 4.69) is 58.2 Å². The number of carbonyl (C=O) groups is 1. The molecule has 0 atom stereocenters. The van der Waals surface area contributed by atoms with E-state index in [-0.39, 0.29) is 17.9 Å². The van der Waals surface area contributed by atoms with Crippen LogP contribution in [0.2, 0.25) is 0 Å². The maximum atomic E-state index is 12.0. The van der Waals surface area contributed by atoms with Gasteiger partial charge < -0.3 is 10.4 Å². The van der Waals surface area contributed by atoms with Crippen LogP contribution in [0.25, 0.3) is 0 Å². The van der Waals surface area contributed by atoms with E-state index in [1.165, 1.54) is 0 Å². The molecule has 3 heteroatoms. The number of hydrogen-bond donors (Lipinski definition) is 2. The Bertz CT molecular complexity index is 568. The summed E-state index contributed by atoms with van der Waals surface area (Å²) >= 11 is 0. The number of aliphatic hydroxyl groups is 1. The van der Waals surface area contributed by atoms with Gasteiger partial charge in [-0.2, -0.15) is 0 Å². The van der Waals surface area contributed by atoms with Crippen LogP contribution in [0.3, 0.4) is 0 Å². The van der Waals surface area contributed by atoms with Crippen LogP contribution in [0.1, 0.15) is 77.0 Å². The smallest absolute Gasteiger partial charge is 0.220 e. The molecule has 0 spiro atoms. The zero-order chi connectivity index (χ0) is 18.9. The number of amides is 1. The van der Waals surface area contributed by atoms with Gasteiger partial charge in [0.25, 0.3) is 0 Å². The van der Waals surface area contributed by atoms with Crippen molar-refractivity contribution < 1.29 is 9.90 Å². The Balaban J connectivity index is 2.41. The summed E-state index contributed by atoms with van der Waals surface area (Å²) in [6.45, 7) is 11.3. The van der Waals surface area contributed by atoms with Crippen LogP contribution < -0.4 is 5.32 Å². The van der Waals surface area contributed by atoms with Crippen LogP contribution in [0.5, 0.6) is 0 Å². The largest absolute Gasteiger partial charge is 0.392 e. The maximum absolute atomic E-state index is 12.0. The van der Waals surface area contributed by atoms with Gasteiger partial charge in [0.05, 0.1) is 6.61 Å². The summed E-state index contributed by atoms with van der Waals surface area (Å²) in [7, 11) is 0. The molecule has 0 unspecified atom stereocenters. The minimum absolute atomic E-state index is 0.00383. The second-order valence-electron chi connectivity index (χ2n) is 8.09. The van der Waals surface area contributed by atoms with E-state index in [0.717, 1.165) is 36.0 Å². The quantitative estimate of drug-likeness (QED) is 0.496. The van der Waals surface area contributed by atoms with Crippen LogP contribution in [-0.2, 0) is 23.4 Å². The Kier molecular flexibility index (Phi) is 8.91. The highest BCUT2D eigenvalue weighted by molar-refractivity contribution is 5.75. The van der Waals surface area contributed by atoms with E-state index in [4.69, 9.17) is 0 Å². The molecule has 0 heterocycles. The summed E-state index contributed by atoms with van der Waals surface area (Å²) in [5.41, 5.74) is 3.13. The fourth-order valence-corrected chi connectivity index (χ4v) is 2.82. The third-order valence-electron chi connectivity index (χ3n) is 4.18. The number of hydrogen-bond acceptors (Lipinski definition) is 2. The van der Waals surface area contributed by atoms with Crippen molar-refractivity contribution in [3.63, 3.8) is 0 Å². The van der Waals surface area contributed by atoms with Gasteiger partial charge in [0.15, 0.2) is 0 Å². The Morgan fingerprint density at radius 1 is 1.24 bits per heavy atom. The summed E-state index contributed by atoms with van der Waals surface area (Å²) in [4.78, 5) is 12.0. The van der Waals surface area contributed by atoms with Crippen molar-refractivity contribution in [1.29, 1.82) is 0 Å². The molecule has 0 aliphatic rings. The number of aliphatic hydroxyl groups excluding tert-OH is 1. The fourth-order valence-electron chi connectivity index (χ4n) is 2.82. The molecule has 2 N–H and O–H groups in total. The summed E-state index contributed by atoms with van der Waals surface area (Å²) in [6, 6.07) is 6.10. The molecule has 0 radical (unpaired) electrons. The van der Waals surface area contributed by atoms with Crippen LogP contribution in [0.15, 0.2) is 30.4 Å². The highest BCUT2D eigenvalue weighted by Gasteiger charge is 2.17. The molecule has 140 valence electrons. The zero-order valence-corrected chi connectivity index (χ0v) is 16.6. The van der Waals surface area contributed by atoms with Crippen LogP contribution >= 0.6 is 0 Å². The van der Waals surface area contributed by atoms with Crippen molar-refractivity contribution in [2.45, 2.75) is 78.9 Å². The molecular formula is C22H35NO2. The van der Waals surface area contributed by atoms with Crippen molar-refractivity contribution in [1.82, 2.24) is 5.32 Å². The third kappa shape index (κ3) is 8.35. The highest BCUT2D eigenvalue weighted by atomic mass is 16.3. The van der Waals surface area contributed by atoms with Gasteiger partial charge in [-0.25, -0.2) is 0 Å². The highest BCUT2D eigenvalue weighted by Crippen LogP contribution is 2.26. The third-order valence-corrected chi connectivity index (χ3v) is 4.18. The first-order valence-corrected chi connectivity index (χ1v) is 9.40. The van der Waals surface area contributed by atoms with Gasteiger partial charge in [0.2, 0.25) is 5.91 Å². The number of benzene rings is 1. The standard InChI is InChI=1S/C22H35NO2/c1-17(2)10-8-6-7-9-11-21(25)23-15-18-12-13-20(22(3,4)5)19(14-18)16-24/h8,10,12-14,17,24H,6-7,9,11,15-16H2,1-5H3,(H,23,25)/b10-8+. The molecule has 1 rings (SSSR count). The summed E-state index contributed by atoms with van der Waals surface area (Å²) < 4.78 is 0. The molecule has 25 heavy (non-hydrogen) atoms. The average Bonchev–Trinajstić information content (AvgIpc) is 2.54. The minimum atomic E-state index is 0.00383. The van der Waals surface area contributed by atoms with E-state index in [1.54, 1.807) is 0 Å². The number of allylic oxidation sites excluding steroid dienone is 2. The lowest BCUT2D eigenvalue weighted by atomic mass is 9.83. The Morgan fingerprint density at radius 2 is 1.96 bits per heavy atom. The van der Waals surface area contributed by atoms with Crippen LogP contribution in [0, 0.1) is 5.92 Å². The number of rotatable bonds is 9. The van der Waals surface area contributed by atoms with Crippen molar-refractivity contribution in [3.05, 3.63) is 47.0 Å². The molecule has 0 bridgehead atoms. The molecule has 0 saturated heterocycles. The van der Waals surface area contributed by atoms with E-state index in [1.807, 2.05) is 12.1 Å². The van der Waals surface area contributed by atoms with E-state index in [9.17, 15) is 9.90 Å². The van der Waals surface area contributed by atoms with Crippen LogP contribution in [0.4, 0.5) is 0 Å². The Morgan fingerprint density at radius 3 is 2.56 bits per heavy atom. The first-order chi connectivity index (χ1) is 11.7. The second-order valence-corrected chi connectivity index (χ2v) is 8.09. The van der Waals surface area contributed by atoms with Crippen molar-refractivity contribution in [2.24, 2.45) is 5.92 Å². The Labute approximate surface area is 153 Å². The van der Waals surface area contributed by atoms with Gasteiger partial charge in [-0.05, 0) is 47.3 Å². The van der Waals surface area contributed by atoms with Crippen molar-refractivity contribution >= 4 is 5.91 Å². The summed E-state index contributed by atoms with van der Waals surface area (Å²) in [5.74, 6) is 0.690. The number of nitrogens with one attached hydrogen (secondary N) is 1. The predicted molar refractivity (Wildman–Crippen MR) is 105 cm³/mol. The van der Waals surface area contributed by atoms with Gasteiger partial charge in [0.1, 0.15) is 0 Å². The zero-order valence-electron chi connectivity index (χ0n) is 16.6. The van der Waals surface area contributed by atoms with Gasteiger partial charge in [-0.15, -0.1) is 0 Å². The number of unbranched alkanes of at least 4 members (excludes halogenated alkanes) is 2. The lowest BCUT2D eigenvalue weighted by molar-refractivity contribution is -0.121. The molecule has 0 saturated carbocycles. The maximum Gasteiger partial charge on any atom is 0.220 e. The van der Waals surface area contributed by atoms with Gasteiger partial charge in [-0.3, -0.25) is 4.79 Å². The molecule has 0 fully saturated rings. The van der Waals surface area contributed by atoms with Gasteiger partial charge >= 0.3 is 0 Å². The first-order valence-electron chi connectivity index (χ1n) is 9.40. The van der Waals surface area contributed by atoms with E-state index < -0.39 is 0 Å². The minimum Gasteiger partial charge on any atom is -0.392 e. The molecule has 0 aliphatic carbocycles. The molecular weight excluding hydrogens is 310 g/mol. The van der Waals surface area contributed by atoms with Crippen molar-refractivity contribution in [2.75, 3.05) is 0 Å². The monoisotopic (exact) mass is 345 g/mol. The lowest BCUT2D eigenvalue weighted by Crippen LogP contribution is -2.23. The fraction of sp³-hybridized carbons (Fsp3) is 0.591.